The number of rotatable bonds is 6. The van der Waals surface area contributed by atoms with Crippen LogP contribution in [0.4, 0.5) is 0 Å². The minimum atomic E-state index is -0.0106. The fourth-order valence-electron chi connectivity index (χ4n) is 2.60. The normalized spacial score (nSPS) is 30.8. The van der Waals surface area contributed by atoms with Crippen LogP contribution in [0.1, 0.15) is 51.9 Å². The Kier molecular flexibility index (Phi) is 4.82. The fraction of sp³-hybridized carbons (Fsp3) is 0.929. The first-order chi connectivity index (χ1) is 8.28. The quantitative estimate of drug-likeness (QED) is 0.771. The van der Waals surface area contributed by atoms with Gasteiger partial charge in [0.1, 0.15) is 0 Å². The van der Waals surface area contributed by atoms with Crippen LogP contribution >= 0.6 is 0 Å². The van der Waals surface area contributed by atoms with Crippen molar-refractivity contribution >= 4 is 0 Å². The Morgan fingerprint density at radius 2 is 2.18 bits per heavy atom. The van der Waals surface area contributed by atoms with Crippen molar-refractivity contribution in [3.05, 3.63) is 0 Å². The number of ether oxygens (including phenoxy) is 1. The Balaban J connectivity index is 1.59. The van der Waals surface area contributed by atoms with Crippen LogP contribution in [0.2, 0.25) is 0 Å². The van der Waals surface area contributed by atoms with Gasteiger partial charge in [-0.3, -0.25) is 5.32 Å². The number of hydrogen-bond donors (Lipinski definition) is 1. The minimum absolute atomic E-state index is 0.0106. The Labute approximate surface area is 105 Å². The van der Waals surface area contributed by atoms with Crippen molar-refractivity contribution in [1.29, 1.82) is 5.26 Å². The number of nitriles is 1. The Morgan fingerprint density at radius 1 is 1.35 bits per heavy atom. The Hall–Kier alpha value is -0.590. The molecule has 0 spiro atoms. The second-order valence-corrected chi connectivity index (χ2v) is 5.68. The lowest BCUT2D eigenvalue weighted by Crippen LogP contribution is -2.31. The zero-order chi connectivity index (χ0) is 12.1. The van der Waals surface area contributed by atoms with Gasteiger partial charge in [-0.1, -0.05) is 19.8 Å². The van der Waals surface area contributed by atoms with Crippen LogP contribution in [0, 0.1) is 17.2 Å². The van der Waals surface area contributed by atoms with Gasteiger partial charge in [-0.2, -0.15) is 5.26 Å². The summed E-state index contributed by atoms with van der Waals surface area (Å²) in [5, 5.41) is 12.4. The van der Waals surface area contributed by atoms with Gasteiger partial charge in [-0.05, 0) is 38.0 Å². The van der Waals surface area contributed by atoms with E-state index in [1.165, 1.54) is 38.5 Å². The topological polar surface area (TPSA) is 45.0 Å². The van der Waals surface area contributed by atoms with E-state index in [2.05, 4.69) is 18.3 Å². The van der Waals surface area contributed by atoms with Crippen molar-refractivity contribution in [3.63, 3.8) is 0 Å². The van der Waals surface area contributed by atoms with Gasteiger partial charge in [0.2, 0.25) is 0 Å². The van der Waals surface area contributed by atoms with Crippen LogP contribution in [-0.2, 0) is 4.74 Å². The van der Waals surface area contributed by atoms with Gasteiger partial charge in [-0.15, -0.1) is 0 Å². The molecule has 0 radical (unpaired) electrons. The largest absolute Gasteiger partial charge is 0.378 e. The van der Waals surface area contributed by atoms with Crippen LogP contribution < -0.4 is 5.32 Å². The van der Waals surface area contributed by atoms with Crippen LogP contribution in [0.5, 0.6) is 0 Å². The molecule has 0 aliphatic heterocycles. The lowest BCUT2D eigenvalue weighted by molar-refractivity contribution is 0.0128. The summed E-state index contributed by atoms with van der Waals surface area (Å²) in [6.45, 7) is 3.04. The number of nitrogens with one attached hydrogen (secondary N) is 1. The summed E-state index contributed by atoms with van der Waals surface area (Å²) in [5.74, 6) is 0.810. The highest BCUT2D eigenvalue weighted by Crippen LogP contribution is 2.26. The van der Waals surface area contributed by atoms with Crippen molar-refractivity contribution in [3.8, 4) is 6.07 Å². The first-order valence-electron chi connectivity index (χ1n) is 7.05. The summed E-state index contributed by atoms with van der Waals surface area (Å²) in [7, 11) is 0. The standard InChI is InChI=1S/C14H24N2O/c1-11-3-2-4-14(9-11)17-8-7-13(10-15)16-12-5-6-12/h11-14,16H,2-9H2,1H3. The summed E-state index contributed by atoms with van der Waals surface area (Å²) in [4.78, 5) is 0. The zero-order valence-corrected chi connectivity index (χ0v) is 10.8. The highest BCUT2D eigenvalue weighted by molar-refractivity contribution is 4.95. The molecule has 2 saturated carbocycles. The summed E-state index contributed by atoms with van der Waals surface area (Å²) < 4.78 is 5.90. The molecule has 0 aromatic carbocycles. The maximum absolute atomic E-state index is 9.01. The molecular weight excluding hydrogens is 212 g/mol. The Morgan fingerprint density at radius 3 is 2.82 bits per heavy atom. The van der Waals surface area contributed by atoms with Crippen LogP contribution in [-0.4, -0.2) is 24.8 Å². The molecule has 0 bridgehead atoms. The highest BCUT2D eigenvalue weighted by Gasteiger charge is 2.25. The van der Waals surface area contributed by atoms with Gasteiger partial charge in [0.25, 0.3) is 0 Å². The monoisotopic (exact) mass is 236 g/mol. The van der Waals surface area contributed by atoms with E-state index >= 15 is 0 Å². The van der Waals surface area contributed by atoms with Gasteiger partial charge in [0.15, 0.2) is 0 Å². The molecule has 2 fully saturated rings. The van der Waals surface area contributed by atoms with E-state index in [4.69, 9.17) is 10.00 Å². The van der Waals surface area contributed by atoms with Crippen molar-refractivity contribution in [2.75, 3.05) is 6.61 Å². The summed E-state index contributed by atoms with van der Waals surface area (Å²) in [6.07, 6.45) is 8.80. The van der Waals surface area contributed by atoms with Gasteiger partial charge in [-0.25, -0.2) is 0 Å². The van der Waals surface area contributed by atoms with E-state index in [-0.39, 0.29) is 6.04 Å². The molecule has 0 aromatic heterocycles. The molecule has 2 aliphatic carbocycles. The third kappa shape index (κ3) is 4.65. The first-order valence-corrected chi connectivity index (χ1v) is 7.05. The third-order valence-electron chi connectivity index (χ3n) is 3.82. The lowest BCUT2D eigenvalue weighted by Gasteiger charge is -2.27. The van der Waals surface area contributed by atoms with Gasteiger partial charge in [0, 0.05) is 12.6 Å². The van der Waals surface area contributed by atoms with E-state index in [1.807, 2.05) is 0 Å². The van der Waals surface area contributed by atoms with E-state index in [0.717, 1.165) is 18.9 Å². The predicted octanol–water partition coefficient (Wildman–Crippen LogP) is 2.62. The molecular formula is C14H24N2O. The second-order valence-electron chi connectivity index (χ2n) is 5.68. The molecule has 0 aromatic rings. The molecule has 2 aliphatic rings. The highest BCUT2D eigenvalue weighted by atomic mass is 16.5. The lowest BCUT2D eigenvalue weighted by atomic mass is 9.89. The average molecular weight is 236 g/mol. The average Bonchev–Trinajstić information content (AvgIpc) is 3.12. The van der Waals surface area contributed by atoms with Crippen LogP contribution in [0.15, 0.2) is 0 Å². The second kappa shape index (κ2) is 6.37. The van der Waals surface area contributed by atoms with E-state index in [0.29, 0.717) is 12.1 Å². The van der Waals surface area contributed by atoms with Crippen molar-refractivity contribution in [1.82, 2.24) is 5.32 Å². The molecule has 3 unspecified atom stereocenters. The van der Waals surface area contributed by atoms with Gasteiger partial charge < -0.3 is 4.74 Å². The van der Waals surface area contributed by atoms with Crippen molar-refractivity contribution in [2.24, 2.45) is 5.92 Å². The third-order valence-corrected chi connectivity index (χ3v) is 3.82. The predicted molar refractivity (Wildman–Crippen MR) is 67.5 cm³/mol. The van der Waals surface area contributed by atoms with E-state index in [1.54, 1.807) is 0 Å². The first kappa shape index (κ1) is 12.9. The molecule has 3 heteroatoms. The van der Waals surface area contributed by atoms with Gasteiger partial charge >= 0.3 is 0 Å². The minimum Gasteiger partial charge on any atom is -0.378 e. The van der Waals surface area contributed by atoms with Crippen molar-refractivity contribution < 1.29 is 4.74 Å². The summed E-state index contributed by atoms with van der Waals surface area (Å²) in [6, 6.07) is 2.92. The molecule has 3 atom stereocenters. The molecule has 3 nitrogen and oxygen atoms in total. The van der Waals surface area contributed by atoms with E-state index in [9.17, 15) is 0 Å². The fourth-order valence-corrected chi connectivity index (χ4v) is 2.60. The van der Waals surface area contributed by atoms with Crippen LogP contribution in [0.25, 0.3) is 0 Å². The summed E-state index contributed by atoms with van der Waals surface area (Å²) >= 11 is 0. The van der Waals surface area contributed by atoms with Crippen molar-refractivity contribution in [2.45, 2.75) is 70.1 Å². The molecule has 2 rings (SSSR count). The molecule has 96 valence electrons. The number of hydrogen-bond acceptors (Lipinski definition) is 3. The maximum atomic E-state index is 9.01. The SMILES string of the molecule is CC1CCCC(OCCC(C#N)NC2CC2)C1. The Bertz CT molecular complexity index is 270. The number of nitrogens with zero attached hydrogens (tertiary/aromatic N) is 1. The zero-order valence-electron chi connectivity index (χ0n) is 10.8. The molecule has 0 heterocycles. The van der Waals surface area contributed by atoms with Gasteiger partial charge in [0.05, 0.1) is 18.2 Å². The van der Waals surface area contributed by atoms with Crippen LogP contribution in [0.3, 0.4) is 0 Å². The maximum Gasteiger partial charge on any atom is 0.0977 e. The molecule has 1 N–H and O–H groups in total. The molecule has 0 saturated heterocycles. The molecule has 17 heavy (non-hydrogen) atoms. The smallest absolute Gasteiger partial charge is 0.0977 e. The summed E-state index contributed by atoms with van der Waals surface area (Å²) in [5.41, 5.74) is 0. The molecule has 0 amide bonds. The van der Waals surface area contributed by atoms with E-state index < -0.39 is 0 Å².